The molecule has 6 nitrogen and oxygen atoms in total. The molecule has 2 atom stereocenters. The lowest BCUT2D eigenvalue weighted by Crippen LogP contribution is -2.46. The van der Waals surface area contributed by atoms with E-state index in [1.54, 1.807) is 13.3 Å². The monoisotopic (exact) mass is 370 g/mol. The van der Waals surface area contributed by atoms with Crippen molar-refractivity contribution >= 4 is 22.6 Å². The lowest BCUT2D eigenvalue weighted by atomic mass is 9.78. The number of fused-ring (bicyclic) bond motifs is 1. The second-order valence-electron chi connectivity index (χ2n) is 8.35. The summed E-state index contributed by atoms with van der Waals surface area (Å²) in [7, 11) is 1.72. The molecule has 3 rings (SSSR count). The Balaban J connectivity index is 1.65. The SMILES string of the molecule is COCCN1CC(C(C)(C)C)[C@H](NC(=O)Nc2cnc3ccccc3c2)C1. The van der Waals surface area contributed by atoms with Crippen molar-refractivity contribution in [1.82, 2.24) is 15.2 Å². The standard InChI is InChI=1S/C21H30N4O2/c1-21(2,3)17-13-25(9-10-27-4)14-19(17)24-20(26)23-16-11-15-7-5-6-8-18(15)22-12-16/h5-8,11-12,17,19H,9-10,13-14H2,1-4H3,(H2,23,24,26)/t17?,19-/m1/s1. The van der Waals surface area contributed by atoms with Gasteiger partial charge in [-0.3, -0.25) is 9.88 Å². The maximum Gasteiger partial charge on any atom is 0.319 e. The number of ether oxygens (including phenoxy) is 1. The zero-order chi connectivity index (χ0) is 19.4. The number of benzene rings is 1. The van der Waals surface area contributed by atoms with E-state index in [0.717, 1.165) is 30.5 Å². The van der Waals surface area contributed by atoms with Crippen molar-refractivity contribution in [2.75, 3.05) is 38.7 Å². The molecule has 1 aromatic carbocycles. The van der Waals surface area contributed by atoms with Crippen LogP contribution in [0.3, 0.4) is 0 Å². The number of amides is 2. The van der Waals surface area contributed by atoms with Gasteiger partial charge in [-0.05, 0) is 23.5 Å². The Hall–Kier alpha value is -2.18. The number of aromatic nitrogens is 1. The zero-order valence-corrected chi connectivity index (χ0v) is 16.7. The highest BCUT2D eigenvalue weighted by Gasteiger charge is 2.40. The predicted octanol–water partition coefficient (Wildman–Crippen LogP) is 3.35. The van der Waals surface area contributed by atoms with Crippen LogP contribution < -0.4 is 10.6 Å². The van der Waals surface area contributed by atoms with E-state index in [0.29, 0.717) is 18.2 Å². The number of pyridine rings is 1. The number of urea groups is 1. The average molecular weight is 370 g/mol. The van der Waals surface area contributed by atoms with Crippen LogP contribution >= 0.6 is 0 Å². The molecule has 1 fully saturated rings. The third kappa shape index (κ3) is 4.96. The van der Waals surface area contributed by atoms with E-state index >= 15 is 0 Å². The Kier molecular flexibility index (Phi) is 5.97. The third-order valence-electron chi connectivity index (χ3n) is 5.28. The fourth-order valence-corrected chi connectivity index (χ4v) is 3.79. The smallest absolute Gasteiger partial charge is 0.319 e. The normalized spacial score (nSPS) is 20.7. The second-order valence-corrected chi connectivity index (χ2v) is 8.35. The quantitative estimate of drug-likeness (QED) is 0.847. The minimum atomic E-state index is -0.181. The lowest BCUT2D eigenvalue weighted by Gasteiger charge is -2.32. The molecule has 0 radical (unpaired) electrons. The van der Waals surface area contributed by atoms with Crippen molar-refractivity contribution in [3.05, 3.63) is 36.5 Å². The molecule has 2 amide bonds. The summed E-state index contributed by atoms with van der Waals surface area (Å²) in [5.41, 5.74) is 1.73. The van der Waals surface area contributed by atoms with Crippen molar-refractivity contribution in [3.8, 4) is 0 Å². The summed E-state index contributed by atoms with van der Waals surface area (Å²) in [6.07, 6.45) is 1.70. The number of methoxy groups -OCH3 is 1. The van der Waals surface area contributed by atoms with E-state index in [2.05, 4.69) is 41.3 Å². The number of carbonyl (C=O) groups excluding carboxylic acids is 1. The molecule has 1 aliphatic heterocycles. The highest BCUT2D eigenvalue weighted by Crippen LogP contribution is 2.34. The molecule has 146 valence electrons. The largest absolute Gasteiger partial charge is 0.383 e. The van der Waals surface area contributed by atoms with Crippen molar-refractivity contribution in [2.24, 2.45) is 11.3 Å². The van der Waals surface area contributed by atoms with Gasteiger partial charge >= 0.3 is 6.03 Å². The molecule has 0 bridgehead atoms. The van der Waals surface area contributed by atoms with Gasteiger partial charge < -0.3 is 15.4 Å². The van der Waals surface area contributed by atoms with Crippen molar-refractivity contribution in [3.63, 3.8) is 0 Å². The van der Waals surface area contributed by atoms with Gasteiger partial charge in [-0.1, -0.05) is 39.0 Å². The van der Waals surface area contributed by atoms with Crippen molar-refractivity contribution < 1.29 is 9.53 Å². The lowest BCUT2D eigenvalue weighted by molar-refractivity contribution is 0.151. The summed E-state index contributed by atoms with van der Waals surface area (Å²) in [6.45, 7) is 10.1. The number of anilines is 1. The molecule has 6 heteroatoms. The minimum absolute atomic E-state index is 0.107. The van der Waals surface area contributed by atoms with Gasteiger partial charge in [0.1, 0.15) is 0 Å². The molecular formula is C21H30N4O2. The van der Waals surface area contributed by atoms with Crippen LogP contribution in [0.25, 0.3) is 10.9 Å². The Morgan fingerprint density at radius 2 is 2.07 bits per heavy atom. The number of para-hydroxylation sites is 1. The van der Waals surface area contributed by atoms with Gasteiger partial charge in [-0.15, -0.1) is 0 Å². The van der Waals surface area contributed by atoms with E-state index in [-0.39, 0.29) is 17.5 Å². The Morgan fingerprint density at radius 3 is 2.81 bits per heavy atom. The Labute approximate surface area is 161 Å². The van der Waals surface area contributed by atoms with Crippen LogP contribution in [0.4, 0.5) is 10.5 Å². The summed E-state index contributed by atoms with van der Waals surface area (Å²) in [4.78, 5) is 19.4. The number of hydrogen-bond donors (Lipinski definition) is 2. The van der Waals surface area contributed by atoms with Crippen LogP contribution in [-0.4, -0.2) is 55.3 Å². The zero-order valence-electron chi connectivity index (χ0n) is 16.7. The third-order valence-corrected chi connectivity index (χ3v) is 5.28. The average Bonchev–Trinajstić information content (AvgIpc) is 3.02. The molecular weight excluding hydrogens is 340 g/mol. The highest BCUT2D eigenvalue weighted by molar-refractivity contribution is 5.92. The summed E-state index contributed by atoms with van der Waals surface area (Å²) in [5.74, 6) is 0.384. The molecule has 2 N–H and O–H groups in total. The first-order chi connectivity index (χ1) is 12.9. The van der Waals surface area contributed by atoms with Crippen LogP contribution in [-0.2, 0) is 4.74 Å². The first-order valence-electron chi connectivity index (χ1n) is 9.50. The summed E-state index contributed by atoms with van der Waals surface area (Å²) >= 11 is 0. The van der Waals surface area contributed by atoms with Gasteiger partial charge in [0, 0.05) is 38.2 Å². The van der Waals surface area contributed by atoms with Crippen LogP contribution in [0, 0.1) is 11.3 Å². The van der Waals surface area contributed by atoms with Crippen LogP contribution in [0.1, 0.15) is 20.8 Å². The fourth-order valence-electron chi connectivity index (χ4n) is 3.79. The van der Waals surface area contributed by atoms with Gasteiger partial charge in [0.25, 0.3) is 0 Å². The maximum atomic E-state index is 12.6. The molecule has 1 saturated heterocycles. The van der Waals surface area contributed by atoms with Crippen LogP contribution in [0.5, 0.6) is 0 Å². The number of carbonyl (C=O) groups is 1. The van der Waals surface area contributed by atoms with Crippen molar-refractivity contribution in [2.45, 2.75) is 26.8 Å². The number of nitrogens with one attached hydrogen (secondary N) is 2. The molecule has 1 aliphatic rings. The van der Waals surface area contributed by atoms with Gasteiger partial charge in [0.15, 0.2) is 0 Å². The topological polar surface area (TPSA) is 66.5 Å². The minimum Gasteiger partial charge on any atom is -0.383 e. The van der Waals surface area contributed by atoms with Gasteiger partial charge in [0.05, 0.1) is 24.0 Å². The Morgan fingerprint density at radius 1 is 1.30 bits per heavy atom. The number of rotatable bonds is 5. The molecule has 1 unspecified atom stereocenters. The van der Waals surface area contributed by atoms with E-state index in [9.17, 15) is 4.79 Å². The molecule has 0 saturated carbocycles. The molecule has 2 heterocycles. The first kappa shape index (κ1) is 19.6. The molecule has 2 aromatic rings. The summed E-state index contributed by atoms with van der Waals surface area (Å²) < 4.78 is 5.21. The summed E-state index contributed by atoms with van der Waals surface area (Å²) in [6, 6.07) is 9.75. The first-order valence-corrected chi connectivity index (χ1v) is 9.50. The predicted molar refractivity (Wildman–Crippen MR) is 109 cm³/mol. The number of likely N-dealkylation sites (tertiary alicyclic amines) is 1. The molecule has 0 aliphatic carbocycles. The molecule has 27 heavy (non-hydrogen) atoms. The van der Waals surface area contributed by atoms with Gasteiger partial charge in [0.2, 0.25) is 0 Å². The molecule has 1 aromatic heterocycles. The van der Waals surface area contributed by atoms with E-state index in [1.807, 2.05) is 30.3 Å². The number of hydrogen-bond acceptors (Lipinski definition) is 4. The van der Waals surface area contributed by atoms with E-state index < -0.39 is 0 Å². The van der Waals surface area contributed by atoms with E-state index in [4.69, 9.17) is 4.74 Å². The van der Waals surface area contributed by atoms with Crippen LogP contribution in [0.2, 0.25) is 0 Å². The van der Waals surface area contributed by atoms with Crippen LogP contribution in [0.15, 0.2) is 36.5 Å². The Bertz CT molecular complexity index is 787. The number of nitrogens with zero attached hydrogens (tertiary/aromatic N) is 2. The second kappa shape index (κ2) is 8.23. The van der Waals surface area contributed by atoms with Gasteiger partial charge in [-0.2, -0.15) is 0 Å². The van der Waals surface area contributed by atoms with Crippen molar-refractivity contribution in [1.29, 1.82) is 0 Å². The summed E-state index contributed by atoms with van der Waals surface area (Å²) in [5, 5.41) is 7.12. The van der Waals surface area contributed by atoms with Gasteiger partial charge in [-0.25, -0.2) is 4.79 Å². The molecule has 0 spiro atoms. The fraction of sp³-hybridized carbons (Fsp3) is 0.524. The van der Waals surface area contributed by atoms with E-state index in [1.165, 1.54) is 0 Å². The highest BCUT2D eigenvalue weighted by atomic mass is 16.5. The maximum absolute atomic E-state index is 12.6.